The largest absolute Gasteiger partial charge is 0.473 e. The van der Waals surface area contributed by atoms with E-state index in [4.69, 9.17) is 9.47 Å². The number of hydrogen-bond donors (Lipinski definition) is 1. The fourth-order valence-corrected chi connectivity index (χ4v) is 4.43. The molecule has 7 heteroatoms. The van der Waals surface area contributed by atoms with Gasteiger partial charge in [-0.3, -0.25) is 9.78 Å². The van der Waals surface area contributed by atoms with Gasteiger partial charge in [0, 0.05) is 49.2 Å². The molecular formula is C22H24N4O3. The molecule has 0 bridgehead atoms. The van der Waals surface area contributed by atoms with Gasteiger partial charge in [-0.1, -0.05) is 18.2 Å². The number of amides is 1. The first-order valence-corrected chi connectivity index (χ1v) is 10.1. The number of nitrogens with zero attached hydrogens (tertiary/aromatic N) is 3. The predicted octanol–water partition coefficient (Wildman–Crippen LogP) is 3.19. The van der Waals surface area contributed by atoms with Crippen LogP contribution in [0, 0.1) is 0 Å². The van der Waals surface area contributed by atoms with E-state index in [1.54, 1.807) is 18.6 Å². The van der Waals surface area contributed by atoms with Gasteiger partial charge in [-0.25, -0.2) is 4.98 Å². The van der Waals surface area contributed by atoms with Crippen LogP contribution in [0.15, 0.2) is 48.9 Å². The van der Waals surface area contributed by atoms with Crippen molar-refractivity contribution in [2.24, 2.45) is 0 Å². The van der Waals surface area contributed by atoms with E-state index in [0.717, 1.165) is 36.6 Å². The number of benzene rings is 1. The van der Waals surface area contributed by atoms with Crippen molar-refractivity contribution in [3.63, 3.8) is 0 Å². The molecule has 2 fully saturated rings. The van der Waals surface area contributed by atoms with Gasteiger partial charge in [0.25, 0.3) is 5.91 Å². The Bertz CT molecular complexity index is 962. The summed E-state index contributed by atoms with van der Waals surface area (Å²) in [4.78, 5) is 26.4. The molecule has 2 aromatic heterocycles. The van der Waals surface area contributed by atoms with Crippen molar-refractivity contribution in [1.82, 2.24) is 19.9 Å². The Morgan fingerprint density at radius 1 is 1.24 bits per heavy atom. The Morgan fingerprint density at radius 3 is 2.90 bits per heavy atom. The highest BCUT2D eigenvalue weighted by atomic mass is 16.5. The number of aromatic amines is 1. The van der Waals surface area contributed by atoms with Gasteiger partial charge in [0.05, 0.1) is 18.4 Å². The Balaban J connectivity index is 1.22. The van der Waals surface area contributed by atoms with Crippen molar-refractivity contribution in [1.29, 1.82) is 0 Å². The van der Waals surface area contributed by atoms with E-state index >= 15 is 0 Å². The molecule has 1 spiro atoms. The van der Waals surface area contributed by atoms with Crippen molar-refractivity contribution in [2.75, 3.05) is 19.7 Å². The summed E-state index contributed by atoms with van der Waals surface area (Å²) in [5.74, 6) is 0.611. The number of para-hydroxylation sites is 1. The van der Waals surface area contributed by atoms with Gasteiger partial charge in [-0.05, 0) is 25.0 Å². The van der Waals surface area contributed by atoms with Crippen LogP contribution in [0.3, 0.4) is 0 Å². The third kappa shape index (κ3) is 3.70. The molecule has 0 radical (unpaired) electrons. The van der Waals surface area contributed by atoms with Crippen molar-refractivity contribution in [3.05, 3.63) is 54.6 Å². The van der Waals surface area contributed by atoms with Gasteiger partial charge >= 0.3 is 0 Å². The monoisotopic (exact) mass is 392 g/mol. The quantitative estimate of drug-likeness (QED) is 0.740. The lowest BCUT2D eigenvalue weighted by molar-refractivity contribution is -0.135. The van der Waals surface area contributed by atoms with Crippen LogP contribution in [-0.4, -0.2) is 57.2 Å². The van der Waals surface area contributed by atoms with Crippen LogP contribution in [0.2, 0.25) is 0 Å². The molecule has 7 nitrogen and oxygen atoms in total. The van der Waals surface area contributed by atoms with E-state index in [-0.39, 0.29) is 17.6 Å². The van der Waals surface area contributed by atoms with E-state index in [9.17, 15) is 4.79 Å². The lowest BCUT2D eigenvalue weighted by Crippen LogP contribution is -2.52. The molecule has 3 aromatic rings. The second kappa shape index (κ2) is 7.48. The van der Waals surface area contributed by atoms with Crippen LogP contribution in [0.25, 0.3) is 10.9 Å². The highest BCUT2D eigenvalue weighted by Gasteiger charge is 2.42. The second-order valence-corrected chi connectivity index (χ2v) is 7.87. The first kappa shape index (κ1) is 18.1. The Morgan fingerprint density at radius 2 is 2.10 bits per heavy atom. The number of rotatable bonds is 3. The Kier molecular flexibility index (Phi) is 4.67. The van der Waals surface area contributed by atoms with Crippen LogP contribution < -0.4 is 4.74 Å². The molecule has 29 heavy (non-hydrogen) atoms. The van der Waals surface area contributed by atoms with Gasteiger partial charge in [0.1, 0.15) is 11.8 Å². The normalized spacial score (nSPS) is 21.4. The van der Waals surface area contributed by atoms with E-state index in [1.807, 2.05) is 35.2 Å². The van der Waals surface area contributed by atoms with Crippen molar-refractivity contribution in [3.8, 4) is 5.88 Å². The second-order valence-electron chi connectivity index (χ2n) is 7.87. The number of piperidine rings is 1. The molecular weight excluding hydrogens is 368 g/mol. The Labute approximate surface area is 169 Å². The first-order chi connectivity index (χ1) is 14.2. The molecule has 0 aliphatic carbocycles. The zero-order chi connectivity index (χ0) is 19.7. The van der Waals surface area contributed by atoms with Crippen LogP contribution >= 0.6 is 0 Å². The maximum atomic E-state index is 13.0. The van der Waals surface area contributed by atoms with Crippen LogP contribution in [0.5, 0.6) is 5.88 Å². The van der Waals surface area contributed by atoms with Crippen LogP contribution in [0.4, 0.5) is 0 Å². The number of fused-ring (bicyclic) bond motifs is 1. The van der Waals surface area contributed by atoms with Gasteiger partial charge in [0.2, 0.25) is 5.88 Å². The van der Waals surface area contributed by atoms with Crippen molar-refractivity contribution >= 4 is 16.8 Å². The van der Waals surface area contributed by atoms with Gasteiger partial charge in [-0.2, -0.15) is 0 Å². The zero-order valence-electron chi connectivity index (χ0n) is 16.2. The maximum Gasteiger partial charge on any atom is 0.270 e. The lowest BCUT2D eigenvalue weighted by Gasteiger charge is -2.45. The summed E-state index contributed by atoms with van der Waals surface area (Å²) < 4.78 is 12.2. The minimum atomic E-state index is -0.220. The highest BCUT2D eigenvalue weighted by molar-refractivity contribution is 5.98. The fourth-order valence-electron chi connectivity index (χ4n) is 4.43. The number of aromatic nitrogens is 3. The summed E-state index contributed by atoms with van der Waals surface area (Å²) in [6, 6.07) is 9.89. The van der Waals surface area contributed by atoms with Crippen molar-refractivity contribution in [2.45, 2.75) is 37.4 Å². The summed E-state index contributed by atoms with van der Waals surface area (Å²) in [6.07, 6.45) is 8.28. The third-order valence-corrected chi connectivity index (χ3v) is 6.00. The molecule has 1 N–H and O–H groups in total. The topological polar surface area (TPSA) is 80.3 Å². The smallest absolute Gasteiger partial charge is 0.270 e. The first-order valence-electron chi connectivity index (χ1n) is 10.1. The molecule has 1 aromatic carbocycles. The molecule has 4 heterocycles. The zero-order valence-corrected chi connectivity index (χ0v) is 16.2. The van der Waals surface area contributed by atoms with E-state index < -0.39 is 0 Å². The minimum absolute atomic E-state index is 0.0548. The van der Waals surface area contributed by atoms with E-state index in [1.165, 1.54) is 0 Å². The molecule has 150 valence electrons. The SMILES string of the molecule is O=C(c1cc2ccccc2[nH]1)N1CCC2(CC1)CC(Oc1cnccn1)CCO2. The number of H-pyrrole nitrogens is 1. The van der Waals surface area contributed by atoms with Gasteiger partial charge in [-0.15, -0.1) is 0 Å². The average molecular weight is 392 g/mol. The van der Waals surface area contributed by atoms with E-state index in [0.29, 0.717) is 31.3 Å². The summed E-state index contributed by atoms with van der Waals surface area (Å²) in [5, 5.41) is 1.06. The Hall–Kier alpha value is -2.93. The maximum absolute atomic E-state index is 13.0. The molecule has 2 saturated heterocycles. The van der Waals surface area contributed by atoms with Crippen LogP contribution in [-0.2, 0) is 4.74 Å². The molecule has 1 unspecified atom stereocenters. The average Bonchev–Trinajstić information content (AvgIpc) is 3.19. The highest BCUT2D eigenvalue weighted by Crippen LogP contribution is 2.36. The fraction of sp³-hybridized carbons (Fsp3) is 0.409. The summed E-state index contributed by atoms with van der Waals surface area (Å²) >= 11 is 0. The molecule has 5 rings (SSSR count). The molecule has 0 saturated carbocycles. The summed E-state index contributed by atoms with van der Waals surface area (Å²) in [7, 11) is 0. The minimum Gasteiger partial charge on any atom is -0.473 e. The number of ether oxygens (including phenoxy) is 2. The lowest BCUT2D eigenvalue weighted by atomic mass is 9.83. The predicted molar refractivity (Wildman–Crippen MR) is 108 cm³/mol. The molecule has 2 aliphatic heterocycles. The number of nitrogens with one attached hydrogen (secondary N) is 1. The molecule has 2 aliphatic rings. The number of likely N-dealkylation sites (tertiary alicyclic amines) is 1. The van der Waals surface area contributed by atoms with Gasteiger partial charge in [0.15, 0.2) is 0 Å². The number of carbonyl (C=O) groups excluding carboxylic acids is 1. The van der Waals surface area contributed by atoms with Gasteiger partial charge < -0.3 is 19.4 Å². The standard InChI is InChI=1S/C22H24N4O3/c27-21(19-13-16-3-1-2-4-18(16)25-19)26-10-6-22(7-11-26)14-17(5-12-28-22)29-20-15-23-8-9-24-20/h1-4,8-9,13,15,17,25H,5-7,10-12,14H2. The summed E-state index contributed by atoms with van der Waals surface area (Å²) in [6.45, 7) is 2.04. The van der Waals surface area contributed by atoms with Crippen molar-refractivity contribution < 1.29 is 14.3 Å². The third-order valence-electron chi connectivity index (χ3n) is 6.00. The molecule has 1 atom stereocenters. The molecule has 1 amide bonds. The van der Waals surface area contributed by atoms with Crippen LogP contribution in [0.1, 0.15) is 36.2 Å². The number of carbonyl (C=O) groups is 1. The number of hydrogen-bond acceptors (Lipinski definition) is 5. The summed E-state index contributed by atoms with van der Waals surface area (Å²) in [5.41, 5.74) is 1.42. The van der Waals surface area contributed by atoms with E-state index in [2.05, 4.69) is 15.0 Å².